The lowest BCUT2D eigenvalue weighted by Crippen LogP contribution is -2.33. The Bertz CT molecular complexity index is 481. The van der Waals surface area contributed by atoms with E-state index in [4.69, 9.17) is 10.4 Å². The average molecular weight is 231 g/mol. The average Bonchev–Trinajstić information content (AvgIpc) is 2.71. The van der Waals surface area contributed by atoms with E-state index in [1.807, 2.05) is 11.8 Å². The zero-order valence-corrected chi connectivity index (χ0v) is 9.50. The molecule has 1 N–H and O–H groups in total. The standard InChI is InChI=1S/C12H13N3O2/c1-8-10(12(16)17)4-6-15(8)11-9(7-13)3-2-5-14-11/h2-3,5,8,10H,4,6H2,1H3,(H,16,17). The first-order valence-electron chi connectivity index (χ1n) is 5.49. The summed E-state index contributed by atoms with van der Waals surface area (Å²) in [7, 11) is 0. The summed E-state index contributed by atoms with van der Waals surface area (Å²) in [6.45, 7) is 2.49. The normalized spacial score (nSPS) is 23.4. The van der Waals surface area contributed by atoms with Gasteiger partial charge in [0, 0.05) is 18.8 Å². The summed E-state index contributed by atoms with van der Waals surface area (Å²) in [6.07, 6.45) is 2.22. The van der Waals surface area contributed by atoms with E-state index >= 15 is 0 Å². The molecule has 2 unspecified atom stereocenters. The summed E-state index contributed by atoms with van der Waals surface area (Å²) in [5, 5.41) is 18.1. The summed E-state index contributed by atoms with van der Waals surface area (Å²) in [5.41, 5.74) is 0.491. The first-order valence-corrected chi connectivity index (χ1v) is 5.49. The van der Waals surface area contributed by atoms with Crippen LogP contribution < -0.4 is 4.90 Å². The predicted molar refractivity (Wildman–Crippen MR) is 61.5 cm³/mol. The third-order valence-electron chi connectivity index (χ3n) is 3.25. The smallest absolute Gasteiger partial charge is 0.308 e. The van der Waals surface area contributed by atoms with Gasteiger partial charge < -0.3 is 10.0 Å². The Hall–Kier alpha value is -2.09. The van der Waals surface area contributed by atoms with Crippen molar-refractivity contribution in [3.63, 3.8) is 0 Å². The number of pyridine rings is 1. The van der Waals surface area contributed by atoms with Gasteiger partial charge in [-0.05, 0) is 25.5 Å². The molecular weight excluding hydrogens is 218 g/mol. The van der Waals surface area contributed by atoms with Gasteiger partial charge in [-0.25, -0.2) is 4.98 Å². The topological polar surface area (TPSA) is 77.2 Å². The quantitative estimate of drug-likeness (QED) is 0.828. The van der Waals surface area contributed by atoms with E-state index in [0.29, 0.717) is 24.3 Å². The Labute approximate surface area is 99.3 Å². The lowest BCUT2D eigenvalue weighted by atomic mass is 10.0. The number of nitriles is 1. The zero-order valence-electron chi connectivity index (χ0n) is 9.50. The molecule has 5 nitrogen and oxygen atoms in total. The molecular formula is C12H13N3O2. The van der Waals surface area contributed by atoms with Gasteiger partial charge >= 0.3 is 5.97 Å². The van der Waals surface area contributed by atoms with Crippen LogP contribution in [0.4, 0.5) is 5.82 Å². The molecule has 0 aromatic carbocycles. The Morgan fingerprint density at radius 3 is 3.06 bits per heavy atom. The van der Waals surface area contributed by atoms with Gasteiger partial charge in [-0.3, -0.25) is 4.79 Å². The van der Waals surface area contributed by atoms with Gasteiger partial charge in [-0.1, -0.05) is 0 Å². The van der Waals surface area contributed by atoms with Crippen LogP contribution in [0.1, 0.15) is 18.9 Å². The van der Waals surface area contributed by atoms with Crippen molar-refractivity contribution in [1.29, 1.82) is 5.26 Å². The van der Waals surface area contributed by atoms with E-state index in [0.717, 1.165) is 0 Å². The van der Waals surface area contributed by atoms with E-state index in [1.165, 1.54) is 0 Å². The number of aromatic nitrogens is 1. The second kappa shape index (κ2) is 4.42. The third kappa shape index (κ3) is 1.94. The van der Waals surface area contributed by atoms with Crippen LogP contribution in [0.5, 0.6) is 0 Å². The highest BCUT2D eigenvalue weighted by Crippen LogP contribution is 2.30. The van der Waals surface area contributed by atoms with Gasteiger partial charge in [-0.2, -0.15) is 5.26 Å². The molecule has 0 spiro atoms. The van der Waals surface area contributed by atoms with Gasteiger partial charge in [0.25, 0.3) is 0 Å². The molecule has 1 aliphatic rings. The molecule has 0 amide bonds. The van der Waals surface area contributed by atoms with Crippen LogP contribution in [0, 0.1) is 17.2 Å². The molecule has 2 rings (SSSR count). The molecule has 0 aliphatic carbocycles. The Morgan fingerprint density at radius 2 is 2.47 bits per heavy atom. The first kappa shape index (κ1) is 11.4. The molecule has 0 saturated carbocycles. The van der Waals surface area contributed by atoms with Crippen LogP contribution in [-0.4, -0.2) is 28.6 Å². The molecule has 88 valence electrons. The van der Waals surface area contributed by atoms with Crippen molar-refractivity contribution >= 4 is 11.8 Å². The van der Waals surface area contributed by atoms with Gasteiger partial charge in [0.15, 0.2) is 0 Å². The van der Waals surface area contributed by atoms with Gasteiger partial charge in [-0.15, -0.1) is 0 Å². The molecule has 1 fully saturated rings. The maximum atomic E-state index is 11.0. The number of anilines is 1. The summed E-state index contributed by atoms with van der Waals surface area (Å²) in [4.78, 5) is 17.1. The number of carboxylic acids is 1. The molecule has 1 aromatic heterocycles. The zero-order chi connectivity index (χ0) is 12.4. The second-order valence-electron chi connectivity index (χ2n) is 4.15. The Morgan fingerprint density at radius 1 is 1.71 bits per heavy atom. The van der Waals surface area contributed by atoms with E-state index < -0.39 is 5.97 Å². The molecule has 0 bridgehead atoms. The fourth-order valence-electron chi connectivity index (χ4n) is 2.28. The van der Waals surface area contributed by atoms with Crippen molar-refractivity contribution < 1.29 is 9.90 Å². The molecule has 17 heavy (non-hydrogen) atoms. The number of carboxylic acid groups (broad SMARTS) is 1. The molecule has 1 aromatic rings. The highest BCUT2D eigenvalue weighted by Gasteiger charge is 2.36. The monoisotopic (exact) mass is 231 g/mol. The van der Waals surface area contributed by atoms with Crippen LogP contribution >= 0.6 is 0 Å². The minimum absolute atomic E-state index is 0.130. The van der Waals surface area contributed by atoms with Crippen LogP contribution in [0.2, 0.25) is 0 Å². The predicted octanol–water partition coefficient (Wildman–Crippen LogP) is 1.25. The maximum absolute atomic E-state index is 11.0. The van der Waals surface area contributed by atoms with Crippen LogP contribution in [-0.2, 0) is 4.79 Å². The lowest BCUT2D eigenvalue weighted by molar-refractivity contribution is -0.141. The van der Waals surface area contributed by atoms with Crippen LogP contribution in [0.15, 0.2) is 18.3 Å². The third-order valence-corrected chi connectivity index (χ3v) is 3.25. The van der Waals surface area contributed by atoms with Gasteiger partial charge in [0.05, 0.1) is 11.5 Å². The van der Waals surface area contributed by atoms with Crippen LogP contribution in [0.3, 0.4) is 0 Å². The highest BCUT2D eigenvalue weighted by molar-refractivity contribution is 5.73. The molecule has 1 aliphatic heterocycles. The van der Waals surface area contributed by atoms with Crippen molar-refractivity contribution in [3.05, 3.63) is 23.9 Å². The Balaban J connectivity index is 2.31. The highest BCUT2D eigenvalue weighted by atomic mass is 16.4. The van der Waals surface area contributed by atoms with E-state index in [-0.39, 0.29) is 12.0 Å². The summed E-state index contributed by atoms with van der Waals surface area (Å²) in [6, 6.07) is 5.36. The summed E-state index contributed by atoms with van der Waals surface area (Å²) in [5.74, 6) is -0.579. The van der Waals surface area contributed by atoms with Crippen molar-refractivity contribution in [2.75, 3.05) is 11.4 Å². The largest absolute Gasteiger partial charge is 0.481 e. The SMILES string of the molecule is CC1C(C(=O)O)CCN1c1ncccc1C#N. The minimum Gasteiger partial charge on any atom is -0.481 e. The van der Waals surface area contributed by atoms with E-state index in [9.17, 15) is 4.79 Å². The number of hydrogen-bond donors (Lipinski definition) is 1. The number of rotatable bonds is 2. The number of aliphatic carboxylic acids is 1. The minimum atomic E-state index is -0.783. The lowest BCUT2D eigenvalue weighted by Gasteiger charge is -2.24. The molecule has 0 radical (unpaired) electrons. The molecule has 2 atom stereocenters. The number of hydrogen-bond acceptors (Lipinski definition) is 4. The van der Waals surface area contributed by atoms with Crippen molar-refractivity contribution in [2.24, 2.45) is 5.92 Å². The molecule has 1 saturated heterocycles. The van der Waals surface area contributed by atoms with Gasteiger partial charge in [0.1, 0.15) is 11.9 Å². The Kier molecular flexibility index (Phi) is 2.96. The number of nitrogens with zero attached hydrogens (tertiary/aromatic N) is 3. The van der Waals surface area contributed by atoms with Crippen molar-refractivity contribution in [2.45, 2.75) is 19.4 Å². The van der Waals surface area contributed by atoms with Crippen LogP contribution in [0.25, 0.3) is 0 Å². The van der Waals surface area contributed by atoms with E-state index in [1.54, 1.807) is 18.3 Å². The second-order valence-corrected chi connectivity index (χ2v) is 4.15. The summed E-state index contributed by atoms with van der Waals surface area (Å²) >= 11 is 0. The van der Waals surface area contributed by atoms with Crippen molar-refractivity contribution in [3.8, 4) is 6.07 Å². The maximum Gasteiger partial charge on any atom is 0.308 e. The van der Waals surface area contributed by atoms with E-state index in [2.05, 4.69) is 11.1 Å². The molecule has 5 heteroatoms. The first-order chi connectivity index (χ1) is 8.15. The van der Waals surface area contributed by atoms with Crippen molar-refractivity contribution in [1.82, 2.24) is 4.98 Å². The van der Waals surface area contributed by atoms with Gasteiger partial charge in [0.2, 0.25) is 0 Å². The number of carbonyl (C=O) groups is 1. The summed E-state index contributed by atoms with van der Waals surface area (Å²) < 4.78 is 0. The fraction of sp³-hybridized carbons (Fsp3) is 0.417. The molecule has 2 heterocycles. The fourth-order valence-corrected chi connectivity index (χ4v) is 2.28.